The van der Waals surface area contributed by atoms with Gasteiger partial charge in [0.2, 0.25) is 0 Å². The number of fused-ring (bicyclic) bond motifs is 1. The molecule has 1 atom stereocenters. The third-order valence-electron chi connectivity index (χ3n) is 5.90. The summed E-state index contributed by atoms with van der Waals surface area (Å²) < 4.78 is 7.27. The first-order valence-electron chi connectivity index (χ1n) is 11.3. The second-order valence-corrected chi connectivity index (χ2v) is 8.60. The van der Waals surface area contributed by atoms with Crippen molar-refractivity contribution in [3.8, 4) is 0 Å². The lowest BCUT2D eigenvalue weighted by atomic mass is 9.97. The van der Waals surface area contributed by atoms with Crippen molar-refractivity contribution in [2.75, 3.05) is 46.4 Å². The molecule has 0 saturated carbocycles. The quantitative estimate of drug-likeness (QED) is 0.506. The van der Waals surface area contributed by atoms with Crippen molar-refractivity contribution < 1.29 is 4.74 Å². The Morgan fingerprint density at radius 3 is 2.76 bits per heavy atom. The minimum absolute atomic E-state index is 0.345. The van der Waals surface area contributed by atoms with Crippen molar-refractivity contribution in [3.63, 3.8) is 0 Å². The van der Waals surface area contributed by atoms with Crippen molar-refractivity contribution in [1.29, 1.82) is 0 Å². The van der Waals surface area contributed by atoms with Gasteiger partial charge in [-0.25, -0.2) is 9.67 Å². The number of rotatable bonds is 8. The van der Waals surface area contributed by atoms with Crippen molar-refractivity contribution in [2.45, 2.75) is 65.0 Å². The van der Waals surface area contributed by atoms with Gasteiger partial charge >= 0.3 is 0 Å². The average Bonchev–Trinajstić information content (AvgIpc) is 3.15. The minimum Gasteiger partial charge on any atom is -0.383 e. The number of hydrogen-bond acceptors (Lipinski definition) is 5. The van der Waals surface area contributed by atoms with E-state index in [-0.39, 0.29) is 0 Å². The highest BCUT2D eigenvalue weighted by Gasteiger charge is 2.23. The maximum atomic E-state index is 5.19. The minimum atomic E-state index is 0.345. The van der Waals surface area contributed by atoms with Crippen LogP contribution in [0.3, 0.4) is 0 Å². The van der Waals surface area contributed by atoms with Crippen LogP contribution >= 0.6 is 0 Å². The van der Waals surface area contributed by atoms with Crippen molar-refractivity contribution in [1.82, 2.24) is 30.3 Å². The molecule has 3 rings (SSSR count). The zero-order valence-corrected chi connectivity index (χ0v) is 18.7. The van der Waals surface area contributed by atoms with Gasteiger partial charge in [-0.05, 0) is 45.2 Å². The van der Waals surface area contributed by atoms with Crippen LogP contribution in [0.25, 0.3) is 0 Å². The molecule has 0 radical (unpaired) electrons. The Morgan fingerprint density at radius 2 is 2.07 bits per heavy atom. The van der Waals surface area contributed by atoms with E-state index in [1.165, 1.54) is 12.8 Å². The lowest BCUT2D eigenvalue weighted by molar-refractivity contribution is 0.121. The summed E-state index contributed by atoms with van der Waals surface area (Å²) in [6.45, 7) is 13.2. The van der Waals surface area contributed by atoms with Gasteiger partial charge in [0.25, 0.3) is 0 Å². The summed E-state index contributed by atoms with van der Waals surface area (Å²) >= 11 is 0. The van der Waals surface area contributed by atoms with E-state index in [9.17, 15) is 0 Å². The summed E-state index contributed by atoms with van der Waals surface area (Å²) in [7, 11) is 1.77. The normalized spacial score (nSPS) is 21.4. The first-order valence-corrected chi connectivity index (χ1v) is 11.3. The molecule has 2 aliphatic heterocycles. The van der Waals surface area contributed by atoms with Crippen molar-refractivity contribution >= 4 is 5.96 Å². The van der Waals surface area contributed by atoms with Crippen LogP contribution in [-0.4, -0.2) is 78.1 Å². The standard InChI is InChI=1S/C21H39N7O/c1-5-22-21(23-14-17-8-10-27(11-9-17)12-13-29-4)24-18-6-7-19-25-20(16(2)3)26-28(19)15-18/h16-18H,5-15H2,1-4H3,(H2,22,23,24). The van der Waals surface area contributed by atoms with Gasteiger partial charge in [-0.1, -0.05) is 13.8 Å². The van der Waals surface area contributed by atoms with Crippen LogP contribution in [0, 0.1) is 5.92 Å². The molecular formula is C21H39N7O. The molecule has 29 heavy (non-hydrogen) atoms. The fourth-order valence-electron chi connectivity index (χ4n) is 4.04. The molecule has 1 fully saturated rings. The number of methoxy groups -OCH3 is 1. The van der Waals surface area contributed by atoms with E-state index >= 15 is 0 Å². The molecule has 0 amide bonds. The fourth-order valence-corrected chi connectivity index (χ4v) is 4.04. The summed E-state index contributed by atoms with van der Waals surface area (Å²) in [5.74, 6) is 4.06. The second kappa shape index (κ2) is 10.9. The largest absolute Gasteiger partial charge is 0.383 e. The smallest absolute Gasteiger partial charge is 0.191 e. The van der Waals surface area contributed by atoms with Crippen molar-refractivity contribution in [3.05, 3.63) is 11.6 Å². The second-order valence-electron chi connectivity index (χ2n) is 8.60. The first kappa shape index (κ1) is 22.0. The summed E-state index contributed by atoms with van der Waals surface area (Å²) in [6, 6.07) is 0.345. The number of hydrogen-bond donors (Lipinski definition) is 2. The monoisotopic (exact) mass is 405 g/mol. The van der Waals surface area contributed by atoms with Gasteiger partial charge in [0.15, 0.2) is 11.8 Å². The molecule has 1 saturated heterocycles. The number of ether oxygens (including phenoxy) is 1. The van der Waals surface area contributed by atoms with Crippen molar-refractivity contribution in [2.24, 2.45) is 10.9 Å². The van der Waals surface area contributed by atoms with Gasteiger partial charge in [0.05, 0.1) is 13.2 Å². The Labute approximate surface area is 175 Å². The molecule has 8 nitrogen and oxygen atoms in total. The third kappa shape index (κ3) is 6.40. The molecule has 1 aromatic heterocycles. The number of nitrogens with one attached hydrogen (secondary N) is 2. The summed E-state index contributed by atoms with van der Waals surface area (Å²) in [4.78, 5) is 12.1. The molecule has 1 aromatic rings. The van der Waals surface area contributed by atoms with Gasteiger partial charge in [0.1, 0.15) is 5.82 Å². The molecular weight excluding hydrogens is 366 g/mol. The predicted octanol–water partition coefficient (Wildman–Crippen LogP) is 1.63. The number of aliphatic imine (C=N–C) groups is 1. The molecule has 164 valence electrons. The lowest BCUT2D eigenvalue weighted by Gasteiger charge is -2.31. The SMILES string of the molecule is CCNC(=NCC1CCN(CCOC)CC1)NC1CCc2nc(C(C)C)nn2C1. The highest BCUT2D eigenvalue weighted by Crippen LogP contribution is 2.18. The Balaban J connectivity index is 1.49. The topological polar surface area (TPSA) is 79.6 Å². The van der Waals surface area contributed by atoms with E-state index in [0.717, 1.165) is 76.3 Å². The first-order chi connectivity index (χ1) is 14.1. The molecule has 3 heterocycles. The van der Waals surface area contributed by atoms with E-state index in [2.05, 4.69) is 46.0 Å². The molecule has 1 unspecified atom stereocenters. The third-order valence-corrected chi connectivity index (χ3v) is 5.90. The number of guanidine groups is 1. The Hall–Kier alpha value is -1.67. The number of aromatic nitrogens is 3. The number of likely N-dealkylation sites (tertiary alicyclic amines) is 1. The molecule has 0 bridgehead atoms. The molecule has 8 heteroatoms. The van der Waals surface area contributed by atoms with E-state index in [0.29, 0.717) is 17.9 Å². The summed E-state index contributed by atoms with van der Waals surface area (Å²) in [5, 5.41) is 11.7. The molecule has 0 aromatic carbocycles. The van der Waals surface area contributed by atoms with Gasteiger partial charge in [-0.15, -0.1) is 0 Å². The average molecular weight is 406 g/mol. The molecule has 0 spiro atoms. The van der Waals surface area contributed by atoms with Crippen LogP contribution in [0.1, 0.15) is 57.6 Å². The number of piperidine rings is 1. The van der Waals surface area contributed by atoms with Crippen LogP contribution in [0.4, 0.5) is 0 Å². The van der Waals surface area contributed by atoms with Gasteiger partial charge in [-0.3, -0.25) is 4.99 Å². The lowest BCUT2D eigenvalue weighted by Crippen LogP contribution is -2.47. The highest BCUT2D eigenvalue weighted by atomic mass is 16.5. The Morgan fingerprint density at radius 1 is 1.28 bits per heavy atom. The van der Waals surface area contributed by atoms with Gasteiger partial charge in [-0.2, -0.15) is 5.10 Å². The number of nitrogens with zero attached hydrogens (tertiary/aromatic N) is 5. The summed E-state index contributed by atoms with van der Waals surface area (Å²) in [5.41, 5.74) is 0. The van der Waals surface area contributed by atoms with E-state index in [4.69, 9.17) is 14.8 Å². The maximum absolute atomic E-state index is 5.19. The number of aryl methyl sites for hydroxylation is 1. The molecule has 2 N–H and O–H groups in total. The van der Waals surface area contributed by atoms with E-state index < -0.39 is 0 Å². The van der Waals surface area contributed by atoms with Crippen LogP contribution in [-0.2, 0) is 17.7 Å². The van der Waals surface area contributed by atoms with Crippen LogP contribution in [0.5, 0.6) is 0 Å². The maximum Gasteiger partial charge on any atom is 0.191 e. The van der Waals surface area contributed by atoms with Gasteiger partial charge in [0, 0.05) is 45.1 Å². The Bertz CT molecular complexity index is 649. The van der Waals surface area contributed by atoms with Crippen LogP contribution < -0.4 is 10.6 Å². The zero-order chi connectivity index (χ0) is 20.6. The Kier molecular flexibility index (Phi) is 8.29. The highest BCUT2D eigenvalue weighted by molar-refractivity contribution is 5.80. The van der Waals surface area contributed by atoms with Crippen LogP contribution in [0.2, 0.25) is 0 Å². The fraction of sp³-hybridized carbons (Fsp3) is 0.857. The molecule has 0 aliphatic carbocycles. The van der Waals surface area contributed by atoms with Gasteiger partial charge < -0.3 is 20.3 Å². The molecule has 2 aliphatic rings. The zero-order valence-electron chi connectivity index (χ0n) is 18.7. The predicted molar refractivity (Wildman–Crippen MR) is 116 cm³/mol. The van der Waals surface area contributed by atoms with E-state index in [1.807, 2.05) is 0 Å². The van der Waals surface area contributed by atoms with E-state index in [1.54, 1.807) is 7.11 Å². The summed E-state index contributed by atoms with van der Waals surface area (Å²) in [6.07, 6.45) is 4.47. The van der Waals surface area contributed by atoms with Crippen LogP contribution in [0.15, 0.2) is 4.99 Å².